The first-order valence-electron chi connectivity index (χ1n) is 7.23. The van der Waals surface area contributed by atoms with Gasteiger partial charge in [-0.25, -0.2) is 4.98 Å². The minimum absolute atomic E-state index is 0.146. The van der Waals surface area contributed by atoms with E-state index in [0.717, 1.165) is 19.5 Å². The van der Waals surface area contributed by atoms with Gasteiger partial charge in [0.1, 0.15) is 0 Å². The van der Waals surface area contributed by atoms with Gasteiger partial charge in [-0.2, -0.15) is 0 Å². The van der Waals surface area contributed by atoms with Gasteiger partial charge in [0.25, 0.3) is 0 Å². The van der Waals surface area contributed by atoms with Crippen LogP contribution in [0.5, 0.6) is 0 Å². The molecule has 1 saturated heterocycles. The van der Waals surface area contributed by atoms with E-state index in [2.05, 4.69) is 31.1 Å². The van der Waals surface area contributed by atoms with Crippen LogP contribution in [0.1, 0.15) is 57.7 Å². The van der Waals surface area contributed by atoms with E-state index in [1.807, 2.05) is 6.92 Å². The molecule has 1 aromatic heterocycles. The minimum Gasteiger partial charge on any atom is -0.393 e. The van der Waals surface area contributed by atoms with Crippen molar-refractivity contribution in [1.29, 1.82) is 0 Å². The van der Waals surface area contributed by atoms with Gasteiger partial charge in [0.05, 0.1) is 16.8 Å². The molecule has 1 fully saturated rings. The summed E-state index contributed by atoms with van der Waals surface area (Å²) in [7, 11) is 0. The first kappa shape index (κ1) is 14.9. The molecule has 0 saturated carbocycles. The number of hydrogen-bond acceptors (Lipinski definition) is 4. The number of aliphatic hydroxyl groups excluding tert-OH is 1. The van der Waals surface area contributed by atoms with Gasteiger partial charge in [-0.05, 0) is 32.7 Å². The van der Waals surface area contributed by atoms with Crippen LogP contribution < -0.4 is 0 Å². The highest BCUT2D eigenvalue weighted by molar-refractivity contribution is 7.09. The van der Waals surface area contributed by atoms with Crippen molar-refractivity contribution < 1.29 is 5.11 Å². The van der Waals surface area contributed by atoms with Gasteiger partial charge in [0.2, 0.25) is 0 Å². The Labute approximate surface area is 120 Å². The van der Waals surface area contributed by atoms with Gasteiger partial charge in [0, 0.05) is 23.4 Å². The standard InChI is InChI=1S/C15H26N2OS/c1-11(18)8-13-6-5-7-17(13)9-12-10-19-14(16-12)15(2,3)4/h10-11,13,18H,5-9H2,1-4H3. The van der Waals surface area contributed by atoms with Crippen LogP contribution in [0, 0.1) is 0 Å². The lowest BCUT2D eigenvalue weighted by atomic mass is 9.98. The highest BCUT2D eigenvalue weighted by Gasteiger charge is 2.26. The lowest BCUT2D eigenvalue weighted by Gasteiger charge is -2.24. The molecule has 2 rings (SSSR count). The second-order valence-electron chi connectivity index (χ2n) is 6.75. The maximum absolute atomic E-state index is 9.57. The number of thiazole rings is 1. The van der Waals surface area contributed by atoms with E-state index in [1.165, 1.54) is 23.5 Å². The van der Waals surface area contributed by atoms with Crippen molar-refractivity contribution in [3.63, 3.8) is 0 Å². The summed E-state index contributed by atoms with van der Waals surface area (Å²) in [5.74, 6) is 0. The fourth-order valence-electron chi connectivity index (χ4n) is 2.70. The highest BCUT2D eigenvalue weighted by atomic mass is 32.1. The number of hydrogen-bond donors (Lipinski definition) is 1. The molecule has 0 aromatic carbocycles. The van der Waals surface area contributed by atoms with Crippen molar-refractivity contribution in [3.8, 4) is 0 Å². The molecule has 0 spiro atoms. The number of nitrogens with zero attached hydrogens (tertiary/aromatic N) is 2. The molecule has 0 aliphatic carbocycles. The first-order valence-corrected chi connectivity index (χ1v) is 8.11. The zero-order valence-electron chi connectivity index (χ0n) is 12.5. The Morgan fingerprint density at radius 2 is 2.26 bits per heavy atom. The monoisotopic (exact) mass is 282 g/mol. The van der Waals surface area contributed by atoms with E-state index >= 15 is 0 Å². The fourth-order valence-corrected chi connectivity index (χ4v) is 3.59. The third kappa shape index (κ3) is 4.01. The topological polar surface area (TPSA) is 36.4 Å². The molecule has 1 aliphatic rings. The Bertz CT molecular complexity index is 409. The van der Waals surface area contributed by atoms with Crippen LogP contribution >= 0.6 is 11.3 Å². The van der Waals surface area contributed by atoms with E-state index in [4.69, 9.17) is 4.98 Å². The van der Waals surface area contributed by atoms with Crippen molar-refractivity contribution in [3.05, 3.63) is 16.1 Å². The summed E-state index contributed by atoms with van der Waals surface area (Å²) in [6.07, 6.45) is 3.14. The van der Waals surface area contributed by atoms with Gasteiger partial charge in [-0.1, -0.05) is 20.8 Å². The Morgan fingerprint density at radius 1 is 1.53 bits per heavy atom. The van der Waals surface area contributed by atoms with Crippen molar-refractivity contribution in [2.45, 2.75) is 71.1 Å². The average molecular weight is 282 g/mol. The smallest absolute Gasteiger partial charge is 0.0982 e. The predicted octanol–water partition coefficient (Wildman–Crippen LogP) is 3.18. The lowest BCUT2D eigenvalue weighted by Crippen LogP contribution is -2.31. The van der Waals surface area contributed by atoms with Crippen LogP contribution in [-0.4, -0.2) is 33.7 Å². The van der Waals surface area contributed by atoms with Crippen LogP contribution in [0.15, 0.2) is 5.38 Å². The molecule has 0 radical (unpaired) electrons. The van der Waals surface area contributed by atoms with Crippen molar-refractivity contribution in [2.75, 3.05) is 6.54 Å². The molecule has 2 heterocycles. The molecule has 3 nitrogen and oxygen atoms in total. The molecular weight excluding hydrogens is 256 g/mol. The minimum atomic E-state index is -0.203. The molecule has 2 atom stereocenters. The fraction of sp³-hybridized carbons (Fsp3) is 0.800. The van der Waals surface area contributed by atoms with Crippen LogP contribution in [0.2, 0.25) is 0 Å². The Hall–Kier alpha value is -0.450. The molecule has 1 aromatic rings. The maximum Gasteiger partial charge on any atom is 0.0982 e. The number of aromatic nitrogens is 1. The first-order chi connectivity index (χ1) is 8.86. The van der Waals surface area contributed by atoms with Gasteiger partial charge >= 0.3 is 0 Å². The van der Waals surface area contributed by atoms with E-state index in [9.17, 15) is 5.11 Å². The highest BCUT2D eigenvalue weighted by Crippen LogP contribution is 2.28. The quantitative estimate of drug-likeness (QED) is 0.921. The normalized spacial score (nSPS) is 22.9. The van der Waals surface area contributed by atoms with Crippen molar-refractivity contribution in [1.82, 2.24) is 9.88 Å². The van der Waals surface area contributed by atoms with Crippen LogP contribution in [-0.2, 0) is 12.0 Å². The second kappa shape index (κ2) is 5.90. The Balaban J connectivity index is 1.98. The summed E-state index contributed by atoms with van der Waals surface area (Å²) in [6.45, 7) is 10.6. The molecular formula is C15H26N2OS. The maximum atomic E-state index is 9.57. The average Bonchev–Trinajstić information content (AvgIpc) is 2.88. The van der Waals surface area contributed by atoms with E-state index in [1.54, 1.807) is 11.3 Å². The molecule has 108 valence electrons. The van der Waals surface area contributed by atoms with E-state index < -0.39 is 0 Å². The number of likely N-dealkylation sites (tertiary alicyclic amines) is 1. The third-order valence-electron chi connectivity index (χ3n) is 3.67. The summed E-state index contributed by atoms with van der Waals surface area (Å²) in [4.78, 5) is 7.25. The van der Waals surface area contributed by atoms with E-state index in [0.29, 0.717) is 6.04 Å². The van der Waals surface area contributed by atoms with Gasteiger partial charge < -0.3 is 5.11 Å². The Morgan fingerprint density at radius 3 is 2.84 bits per heavy atom. The second-order valence-corrected chi connectivity index (χ2v) is 7.60. The summed E-state index contributed by atoms with van der Waals surface area (Å²) < 4.78 is 0. The predicted molar refractivity (Wildman–Crippen MR) is 80.5 cm³/mol. The SMILES string of the molecule is CC(O)CC1CCCN1Cc1csc(C(C)(C)C)n1. The van der Waals surface area contributed by atoms with Gasteiger partial charge in [0.15, 0.2) is 0 Å². The van der Waals surface area contributed by atoms with Crippen molar-refractivity contribution in [2.24, 2.45) is 0 Å². The molecule has 2 unspecified atom stereocenters. The van der Waals surface area contributed by atoms with Crippen molar-refractivity contribution >= 4 is 11.3 Å². The molecule has 0 amide bonds. The summed E-state index contributed by atoms with van der Waals surface area (Å²) >= 11 is 1.77. The Kier molecular flexibility index (Phi) is 4.64. The zero-order valence-corrected chi connectivity index (χ0v) is 13.3. The third-order valence-corrected chi connectivity index (χ3v) is 4.99. The summed E-state index contributed by atoms with van der Waals surface area (Å²) in [5.41, 5.74) is 1.33. The molecule has 1 aliphatic heterocycles. The number of rotatable bonds is 4. The van der Waals surface area contributed by atoms with Gasteiger partial charge in [-0.15, -0.1) is 11.3 Å². The van der Waals surface area contributed by atoms with E-state index in [-0.39, 0.29) is 11.5 Å². The van der Waals surface area contributed by atoms with Crippen LogP contribution in [0.4, 0.5) is 0 Å². The zero-order chi connectivity index (χ0) is 14.0. The molecule has 19 heavy (non-hydrogen) atoms. The van der Waals surface area contributed by atoms with Crippen LogP contribution in [0.25, 0.3) is 0 Å². The van der Waals surface area contributed by atoms with Crippen LogP contribution in [0.3, 0.4) is 0 Å². The summed E-state index contributed by atoms with van der Waals surface area (Å²) in [6, 6.07) is 0.528. The number of aliphatic hydroxyl groups is 1. The lowest BCUT2D eigenvalue weighted by molar-refractivity contribution is 0.130. The molecule has 1 N–H and O–H groups in total. The van der Waals surface area contributed by atoms with Gasteiger partial charge in [-0.3, -0.25) is 4.90 Å². The molecule has 0 bridgehead atoms. The molecule has 4 heteroatoms. The largest absolute Gasteiger partial charge is 0.393 e. The summed E-state index contributed by atoms with van der Waals surface area (Å²) in [5, 5.41) is 13.0.